The highest BCUT2D eigenvalue weighted by molar-refractivity contribution is 5.92. The van der Waals surface area contributed by atoms with Crippen LogP contribution in [-0.2, 0) is 4.79 Å². The molecule has 0 radical (unpaired) electrons. The van der Waals surface area contributed by atoms with Crippen LogP contribution in [0.15, 0.2) is 73.1 Å². The number of benzene rings is 2. The molecule has 0 unspecified atom stereocenters. The maximum absolute atomic E-state index is 12.5. The molecule has 5 heteroatoms. The number of anilines is 2. The Labute approximate surface area is 159 Å². The van der Waals surface area contributed by atoms with Gasteiger partial charge in [-0.3, -0.25) is 4.79 Å². The number of piperidine rings is 1. The molecule has 1 aliphatic heterocycles. The standard InChI is InChI=1S/C22H22N4O/c27-21(25-20-9-5-2-6-10-20)18-11-13-26(14-12-18)22-23-15-19(16-24-22)17-7-3-1-4-8-17/h1-10,15-16,18H,11-14H2,(H,25,27). The Kier molecular flexibility index (Phi) is 5.10. The van der Waals surface area contributed by atoms with E-state index in [1.165, 1.54) is 0 Å². The van der Waals surface area contributed by atoms with Gasteiger partial charge in [0.25, 0.3) is 0 Å². The van der Waals surface area contributed by atoms with Crippen molar-refractivity contribution in [2.75, 3.05) is 23.3 Å². The molecule has 1 aromatic heterocycles. The Morgan fingerprint density at radius 1 is 0.852 bits per heavy atom. The zero-order valence-corrected chi connectivity index (χ0v) is 15.1. The van der Waals surface area contributed by atoms with Crippen molar-refractivity contribution >= 4 is 17.5 Å². The first-order valence-corrected chi connectivity index (χ1v) is 9.28. The topological polar surface area (TPSA) is 58.1 Å². The molecule has 4 rings (SSSR count). The molecule has 5 nitrogen and oxygen atoms in total. The van der Waals surface area contributed by atoms with Crippen LogP contribution >= 0.6 is 0 Å². The molecule has 1 saturated heterocycles. The SMILES string of the molecule is O=C(Nc1ccccc1)C1CCN(c2ncc(-c3ccccc3)cn2)CC1. The van der Waals surface area contributed by atoms with Gasteiger partial charge < -0.3 is 10.2 Å². The summed E-state index contributed by atoms with van der Waals surface area (Å²) in [5, 5.41) is 3.00. The number of nitrogens with zero attached hydrogens (tertiary/aromatic N) is 3. The molecule has 2 aromatic carbocycles. The highest BCUT2D eigenvalue weighted by Gasteiger charge is 2.26. The van der Waals surface area contributed by atoms with Gasteiger partial charge in [-0.1, -0.05) is 48.5 Å². The number of amides is 1. The maximum Gasteiger partial charge on any atom is 0.227 e. The van der Waals surface area contributed by atoms with Gasteiger partial charge in [0.15, 0.2) is 0 Å². The van der Waals surface area contributed by atoms with E-state index in [9.17, 15) is 4.79 Å². The van der Waals surface area contributed by atoms with Gasteiger partial charge in [0.05, 0.1) is 0 Å². The van der Waals surface area contributed by atoms with Crippen molar-refractivity contribution < 1.29 is 4.79 Å². The number of carbonyl (C=O) groups is 1. The molecule has 27 heavy (non-hydrogen) atoms. The average molecular weight is 358 g/mol. The Morgan fingerprint density at radius 2 is 1.44 bits per heavy atom. The summed E-state index contributed by atoms with van der Waals surface area (Å²) in [6.45, 7) is 1.58. The van der Waals surface area contributed by atoms with E-state index in [1.807, 2.05) is 60.9 Å². The molecule has 3 aromatic rings. The van der Waals surface area contributed by atoms with Gasteiger partial charge in [-0.15, -0.1) is 0 Å². The molecule has 136 valence electrons. The third-order valence-electron chi connectivity index (χ3n) is 4.94. The second kappa shape index (κ2) is 7.99. The molecule has 1 aliphatic rings. The number of carbonyl (C=O) groups excluding carboxylic acids is 1. The molecule has 2 heterocycles. The Morgan fingerprint density at radius 3 is 2.07 bits per heavy atom. The van der Waals surface area contributed by atoms with Crippen LogP contribution in [0.4, 0.5) is 11.6 Å². The molecular formula is C22H22N4O. The maximum atomic E-state index is 12.5. The van der Waals surface area contributed by atoms with Crippen molar-refractivity contribution in [2.45, 2.75) is 12.8 Å². The van der Waals surface area contributed by atoms with Gasteiger partial charge in [-0.05, 0) is 30.5 Å². The van der Waals surface area contributed by atoms with E-state index in [1.54, 1.807) is 0 Å². The lowest BCUT2D eigenvalue weighted by Gasteiger charge is -2.31. The summed E-state index contributed by atoms with van der Waals surface area (Å²) in [5.74, 6) is 0.864. The first-order chi connectivity index (χ1) is 13.3. The normalized spacial score (nSPS) is 14.7. The van der Waals surface area contributed by atoms with Crippen molar-refractivity contribution in [1.29, 1.82) is 0 Å². The summed E-state index contributed by atoms with van der Waals surface area (Å²) >= 11 is 0. The monoisotopic (exact) mass is 358 g/mol. The van der Waals surface area contributed by atoms with Crippen LogP contribution < -0.4 is 10.2 Å². The van der Waals surface area contributed by atoms with Crippen LogP contribution in [0.25, 0.3) is 11.1 Å². The molecule has 0 bridgehead atoms. The van der Waals surface area contributed by atoms with Crippen molar-refractivity contribution in [2.24, 2.45) is 5.92 Å². The molecule has 0 spiro atoms. The van der Waals surface area contributed by atoms with E-state index in [0.717, 1.165) is 48.7 Å². The minimum Gasteiger partial charge on any atom is -0.341 e. The minimum absolute atomic E-state index is 0.0325. The molecule has 0 atom stereocenters. The molecule has 0 saturated carbocycles. The van der Waals surface area contributed by atoms with Gasteiger partial charge >= 0.3 is 0 Å². The lowest BCUT2D eigenvalue weighted by molar-refractivity contribution is -0.120. The number of hydrogen-bond donors (Lipinski definition) is 1. The Balaban J connectivity index is 1.34. The third kappa shape index (κ3) is 4.14. The van der Waals surface area contributed by atoms with Gasteiger partial charge in [-0.2, -0.15) is 0 Å². The summed E-state index contributed by atoms with van der Waals surface area (Å²) in [7, 11) is 0. The van der Waals surface area contributed by atoms with E-state index in [4.69, 9.17) is 0 Å². The minimum atomic E-state index is 0.0325. The molecule has 1 amide bonds. The van der Waals surface area contributed by atoms with E-state index in [-0.39, 0.29) is 11.8 Å². The van der Waals surface area contributed by atoms with Crippen LogP contribution in [0.1, 0.15) is 12.8 Å². The quantitative estimate of drug-likeness (QED) is 0.766. The van der Waals surface area contributed by atoms with E-state index in [2.05, 4.69) is 32.3 Å². The van der Waals surface area contributed by atoms with Crippen molar-refractivity contribution in [1.82, 2.24) is 9.97 Å². The van der Waals surface area contributed by atoms with E-state index < -0.39 is 0 Å². The number of aromatic nitrogens is 2. The summed E-state index contributed by atoms with van der Waals surface area (Å²) in [5.41, 5.74) is 2.97. The molecule has 1 N–H and O–H groups in total. The molecule has 0 aliphatic carbocycles. The first-order valence-electron chi connectivity index (χ1n) is 9.28. The Bertz CT molecular complexity index is 873. The van der Waals surface area contributed by atoms with Crippen LogP contribution in [0.2, 0.25) is 0 Å². The fourth-order valence-electron chi connectivity index (χ4n) is 3.37. The Hall–Kier alpha value is -3.21. The number of para-hydroxylation sites is 1. The lowest BCUT2D eigenvalue weighted by Crippen LogP contribution is -2.39. The second-order valence-corrected chi connectivity index (χ2v) is 6.75. The fourth-order valence-corrected chi connectivity index (χ4v) is 3.37. The zero-order chi connectivity index (χ0) is 18.5. The van der Waals surface area contributed by atoms with Crippen molar-refractivity contribution in [3.63, 3.8) is 0 Å². The molecule has 1 fully saturated rings. The highest BCUT2D eigenvalue weighted by Crippen LogP contribution is 2.23. The first kappa shape index (κ1) is 17.2. The smallest absolute Gasteiger partial charge is 0.227 e. The van der Waals surface area contributed by atoms with Crippen LogP contribution in [0.5, 0.6) is 0 Å². The fraction of sp³-hybridized carbons (Fsp3) is 0.227. The van der Waals surface area contributed by atoms with E-state index in [0.29, 0.717) is 0 Å². The average Bonchev–Trinajstić information content (AvgIpc) is 2.75. The summed E-state index contributed by atoms with van der Waals surface area (Å²) in [6, 6.07) is 19.7. The van der Waals surface area contributed by atoms with Crippen LogP contribution in [0, 0.1) is 5.92 Å². The summed E-state index contributed by atoms with van der Waals surface area (Å²) in [6.07, 6.45) is 5.35. The second-order valence-electron chi connectivity index (χ2n) is 6.75. The third-order valence-corrected chi connectivity index (χ3v) is 4.94. The van der Waals surface area contributed by atoms with Crippen LogP contribution in [-0.4, -0.2) is 29.0 Å². The summed E-state index contributed by atoms with van der Waals surface area (Å²) < 4.78 is 0. The van der Waals surface area contributed by atoms with Crippen molar-refractivity contribution in [3.8, 4) is 11.1 Å². The predicted octanol–water partition coefficient (Wildman–Crippen LogP) is 4.00. The van der Waals surface area contributed by atoms with E-state index >= 15 is 0 Å². The number of hydrogen-bond acceptors (Lipinski definition) is 4. The molecular weight excluding hydrogens is 336 g/mol. The largest absolute Gasteiger partial charge is 0.341 e. The zero-order valence-electron chi connectivity index (χ0n) is 15.1. The summed E-state index contributed by atoms with van der Waals surface area (Å²) in [4.78, 5) is 23.7. The van der Waals surface area contributed by atoms with Crippen molar-refractivity contribution in [3.05, 3.63) is 73.1 Å². The van der Waals surface area contributed by atoms with Gasteiger partial charge in [0.1, 0.15) is 0 Å². The number of nitrogens with one attached hydrogen (secondary N) is 1. The van der Waals surface area contributed by atoms with Gasteiger partial charge in [-0.25, -0.2) is 9.97 Å². The van der Waals surface area contributed by atoms with Gasteiger partial charge in [0.2, 0.25) is 11.9 Å². The highest BCUT2D eigenvalue weighted by atomic mass is 16.1. The lowest BCUT2D eigenvalue weighted by atomic mass is 9.96. The number of rotatable bonds is 4. The van der Waals surface area contributed by atoms with Crippen LogP contribution in [0.3, 0.4) is 0 Å². The predicted molar refractivity (Wildman–Crippen MR) is 107 cm³/mol. The van der Waals surface area contributed by atoms with Gasteiger partial charge in [0, 0.05) is 42.7 Å².